The molecular formula is C12H22. The molecule has 0 heterocycles. The minimum absolute atomic E-state index is 1.22. The van der Waals surface area contributed by atoms with E-state index in [-0.39, 0.29) is 0 Å². The summed E-state index contributed by atoms with van der Waals surface area (Å²) in [6.07, 6.45) is 8.61. The summed E-state index contributed by atoms with van der Waals surface area (Å²) in [6, 6.07) is 0. The molecule has 0 nitrogen and oxygen atoms in total. The zero-order chi connectivity index (χ0) is 9.40. The van der Waals surface area contributed by atoms with Gasteiger partial charge in [0.05, 0.1) is 0 Å². The Bertz CT molecular complexity index is 151. The molecule has 0 heteroatoms. The Hall–Kier alpha value is -0.520. The molecule has 0 unspecified atom stereocenters. The van der Waals surface area contributed by atoms with Crippen LogP contribution < -0.4 is 0 Å². The van der Waals surface area contributed by atoms with Gasteiger partial charge >= 0.3 is 0 Å². The summed E-state index contributed by atoms with van der Waals surface area (Å²) in [5.74, 6) is 0. The van der Waals surface area contributed by atoms with Gasteiger partial charge in [0.15, 0.2) is 0 Å². The van der Waals surface area contributed by atoms with E-state index in [0.29, 0.717) is 0 Å². The van der Waals surface area contributed by atoms with Gasteiger partial charge in [-0.3, -0.25) is 0 Å². The first-order valence-corrected chi connectivity index (χ1v) is 5.21. The summed E-state index contributed by atoms with van der Waals surface area (Å²) >= 11 is 0. The maximum absolute atomic E-state index is 3.82. The molecule has 0 aromatic carbocycles. The molecule has 0 atom stereocenters. The van der Waals surface area contributed by atoms with Gasteiger partial charge < -0.3 is 0 Å². The van der Waals surface area contributed by atoms with Crippen molar-refractivity contribution in [2.24, 2.45) is 0 Å². The number of hydrogen-bond donors (Lipinski definition) is 0. The van der Waals surface area contributed by atoms with E-state index in [1.54, 1.807) is 5.57 Å². The highest BCUT2D eigenvalue weighted by Crippen LogP contribution is 2.26. The Balaban J connectivity index is 0.000000561. The van der Waals surface area contributed by atoms with E-state index in [0.717, 1.165) is 0 Å². The summed E-state index contributed by atoms with van der Waals surface area (Å²) in [4.78, 5) is 0. The van der Waals surface area contributed by atoms with Gasteiger partial charge in [-0.2, -0.15) is 0 Å². The fourth-order valence-corrected chi connectivity index (χ4v) is 1.64. The van der Waals surface area contributed by atoms with Crippen LogP contribution >= 0.6 is 0 Å². The van der Waals surface area contributed by atoms with Crippen molar-refractivity contribution in [1.29, 1.82) is 0 Å². The second-order valence-corrected chi connectivity index (χ2v) is 2.89. The molecule has 0 bridgehead atoms. The van der Waals surface area contributed by atoms with Crippen LogP contribution in [-0.4, -0.2) is 0 Å². The lowest BCUT2D eigenvalue weighted by molar-refractivity contribution is 0.666. The maximum Gasteiger partial charge on any atom is -0.0279 e. The van der Waals surface area contributed by atoms with Crippen molar-refractivity contribution in [2.45, 2.75) is 52.9 Å². The van der Waals surface area contributed by atoms with Gasteiger partial charge in [-0.15, -0.1) is 0 Å². The molecule has 12 heavy (non-hydrogen) atoms. The van der Waals surface area contributed by atoms with E-state index in [9.17, 15) is 0 Å². The predicted octanol–water partition coefficient (Wildman–Crippen LogP) is 4.48. The van der Waals surface area contributed by atoms with Crippen molar-refractivity contribution >= 4 is 0 Å². The van der Waals surface area contributed by atoms with Crippen molar-refractivity contribution in [3.63, 3.8) is 0 Å². The van der Waals surface area contributed by atoms with Gasteiger partial charge in [0.25, 0.3) is 0 Å². The van der Waals surface area contributed by atoms with Crippen LogP contribution in [0.25, 0.3) is 0 Å². The standard InChI is InChI=1S/C10H16.C2H6/c1-3-9-7-5-6-8-10(9)4-2;1-2/h3H,1,4-8H2,2H3;1-2H3. The monoisotopic (exact) mass is 166 g/mol. The van der Waals surface area contributed by atoms with Crippen LogP contribution in [0.1, 0.15) is 52.9 Å². The lowest BCUT2D eigenvalue weighted by atomic mass is 9.90. The van der Waals surface area contributed by atoms with Crippen LogP contribution in [0, 0.1) is 0 Å². The third kappa shape index (κ3) is 3.25. The summed E-state index contributed by atoms with van der Waals surface area (Å²) in [6.45, 7) is 10.1. The van der Waals surface area contributed by atoms with E-state index in [4.69, 9.17) is 0 Å². The third-order valence-electron chi connectivity index (χ3n) is 2.30. The molecule has 0 spiro atoms. The molecule has 0 aromatic heterocycles. The minimum Gasteiger partial charge on any atom is -0.0988 e. The van der Waals surface area contributed by atoms with E-state index in [2.05, 4.69) is 13.5 Å². The highest BCUT2D eigenvalue weighted by molar-refractivity contribution is 5.25. The summed E-state index contributed by atoms with van der Waals surface area (Å²) in [7, 11) is 0. The molecule has 0 radical (unpaired) electrons. The quantitative estimate of drug-likeness (QED) is 0.567. The number of allylic oxidation sites excluding steroid dienone is 3. The average molecular weight is 166 g/mol. The van der Waals surface area contributed by atoms with Crippen molar-refractivity contribution < 1.29 is 0 Å². The first-order valence-electron chi connectivity index (χ1n) is 5.21. The lowest BCUT2D eigenvalue weighted by Crippen LogP contribution is -1.96. The van der Waals surface area contributed by atoms with Gasteiger partial charge in [0.1, 0.15) is 0 Å². The number of hydrogen-bond acceptors (Lipinski definition) is 0. The van der Waals surface area contributed by atoms with Crippen LogP contribution in [0.2, 0.25) is 0 Å². The van der Waals surface area contributed by atoms with E-state index in [1.165, 1.54) is 37.7 Å². The molecule has 0 saturated heterocycles. The first-order chi connectivity index (χ1) is 5.88. The topological polar surface area (TPSA) is 0 Å². The fraction of sp³-hybridized carbons (Fsp3) is 0.667. The Morgan fingerprint density at radius 2 is 1.83 bits per heavy atom. The molecule has 70 valence electrons. The first kappa shape index (κ1) is 11.5. The highest BCUT2D eigenvalue weighted by atomic mass is 14.1. The van der Waals surface area contributed by atoms with Crippen LogP contribution in [0.5, 0.6) is 0 Å². The molecule has 0 fully saturated rings. The lowest BCUT2D eigenvalue weighted by Gasteiger charge is -2.16. The number of rotatable bonds is 2. The van der Waals surface area contributed by atoms with Crippen LogP contribution in [0.15, 0.2) is 23.8 Å². The highest BCUT2D eigenvalue weighted by Gasteiger charge is 2.07. The van der Waals surface area contributed by atoms with Gasteiger partial charge in [0.2, 0.25) is 0 Å². The third-order valence-corrected chi connectivity index (χ3v) is 2.30. The summed E-state index contributed by atoms with van der Waals surface area (Å²) in [5.41, 5.74) is 3.16. The Kier molecular flexibility index (Phi) is 6.84. The molecule has 0 aromatic rings. The average Bonchev–Trinajstić information content (AvgIpc) is 2.20. The normalized spacial score (nSPS) is 16.6. The molecule has 0 N–H and O–H groups in total. The second-order valence-electron chi connectivity index (χ2n) is 2.89. The molecule has 1 aliphatic carbocycles. The molecule has 0 amide bonds. The molecule has 1 aliphatic rings. The molecular weight excluding hydrogens is 144 g/mol. The Labute approximate surface area is 77.4 Å². The van der Waals surface area contributed by atoms with Crippen LogP contribution in [-0.2, 0) is 0 Å². The van der Waals surface area contributed by atoms with Crippen molar-refractivity contribution in [3.8, 4) is 0 Å². The summed E-state index contributed by atoms with van der Waals surface area (Å²) < 4.78 is 0. The van der Waals surface area contributed by atoms with Gasteiger partial charge in [-0.05, 0) is 37.7 Å². The van der Waals surface area contributed by atoms with Gasteiger partial charge in [0, 0.05) is 0 Å². The summed E-state index contributed by atoms with van der Waals surface area (Å²) in [5, 5.41) is 0. The van der Waals surface area contributed by atoms with Gasteiger partial charge in [-0.25, -0.2) is 0 Å². The van der Waals surface area contributed by atoms with Crippen molar-refractivity contribution in [3.05, 3.63) is 23.8 Å². The zero-order valence-corrected chi connectivity index (χ0v) is 8.82. The minimum atomic E-state index is 1.22. The largest absolute Gasteiger partial charge is 0.0988 e. The fourth-order valence-electron chi connectivity index (χ4n) is 1.64. The maximum atomic E-state index is 3.82. The van der Waals surface area contributed by atoms with E-state index >= 15 is 0 Å². The molecule has 0 saturated carbocycles. The van der Waals surface area contributed by atoms with E-state index < -0.39 is 0 Å². The SMILES string of the molecule is C=CC1=C(CC)CCCC1.CC. The van der Waals surface area contributed by atoms with Crippen molar-refractivity contribution in [2.75, 3.05) is 0 Å². The second kappa shape index (κ2) is 7.15. The van der Waals surface area contributed by atoms with Crippen molar-refractivity contribution in [1.82, 2.24) is 0 Å². The predicted molar refractivity (Wildman–Crippen MR) is 57.3 cm³/mol. The zero-order valence-electron chi connectivity index (χ0n) is 8.82. The molecule has 1 rings (SSSR count). The van der Waals surface area contributed by atoms with Crippen LogP contribution in [0.3, 0.4) is 0 Å². The Morgan fingerprint density at radius 3 is 2.25 bits per heavy atom. The van der Waals surface area contributed by atoms with Gasteiger partial charge in [-0.1, -0.05) is 39.0 Å². The molecule has 0 aliphatic heterocycles. The smallest absolute Gasteiger partial charge is 0.0279 e. The van der Waals surface area contributed by atoms with E-state index in [1.807, 2.05) is 19.9 Å². The van der Waals surface area contributed by atoms with Crippen LogP contribution in [0.4, 0.5) is 0 Å². The Morgan fingerprint density at radius 1 is 1.25 bits per heavy atom.